The quantitative estimate of drug-likeness (QED) is 0.754. The number of aliphatic hydroxyl groups excluding tert-OH is 1. The number of Topliss-reactive ketones (excluding diaryl/α,β-unsaturated/α-hetero) is 1. The highest BCUT2D eigenvalue weighted by Crippen LogP contribution is 2.70. The Kier molecular flexibility index (Phi) is 4.22. The van der Waals surface area contributed by atoms with Gasteiger partial charge in [0.2, 0.25) is 0 Å². The van der Waals surface area contributed by atoms with Crippen molar-refractivity contribution >= 4 is 5.78 Å². The van der Waals surface area contributed by atoms with Crippen LogP contribution in [-0.4, -0.2) is 27.7 Å². The van der Waals surface area contributed by atoms with Crippen LogP contribution in [0, 0.1) is 28.6 Å². The summed E-state index contributed by atoms with van der Waals surface area (Å²) in [5.41, 5.74) is -0.801. The summed E-state index contributed by atoms with van der Waals surface area (Å²) in [4.78, 5) is 23.5. The third-order valence-electron chi connectivity index (χ3n) is 9.73. The SMILES string of the molecule is C[C@]12CCC(=O)C[C@H]1CC[C@@H]1[C@@H]2[C@H](O)C[C@]2(C)[C@@H](c3ccc(=O)oc3)CC[C@]12O. The maximum atomic E-state index is 12.2. The molecule has 0 bridgehead atoms. The standard InChI is InChI=1S/C24H32O5/c1-22-9-7-16(25)11-15(22)4-5-18-21(22)19(26)12-23(2)17(8-10-24(18,23)28)14-3-6-20(27)29-13-14/h3,6,13,15,17-19,21,26,28H,4-5,7-12H2,1-2H3/t15-,17-,18-,19-,21-,22+,23-,24+/m1/s1. The van der Waals surface area contributed by atoms with Crippen molar-refractivity contribution in [3.8, 4) is 0 Å². The number of hydrogen-bond donors (Lipinski definition) is 2. The molecular formula is C24H32O5. The molecule has 158 valence electrons. The highest BCUT2D eigenvalue weighted by Gasteiger charge is 2.69. The van der Waals surface area contributed by atoms with Gasteiger partial charge in [-0.05, 0) is 79.2 Å². The minimum absolute atomic E-state index is 0.0416. The van der Waals surface area contributed by atoms with Crippen molar-refractivity contribution in [3.63, 3.8) is 0 Å². The van der Waals surface area contributed by atoms with Crippen LogP contribution in [0.3, 0.4) is 0 Å². The average Bonchev–Trinajstić information content (AvgIpc) is 2.94. The molecule has 0 saturated heterocycles. The lowest BCUT2D eigenvalue weighted by atomic mass is 9.42. The van der Waals surface area contributed by atoms with Crippen LogP contribution in [0.5, 0.6) is 0 Å². The zero-order valence-corrected chi connectivity index (χ0v) is 17.4. The number of aliphatic hydroxyl groups is 2. The van der Waals surface area contributed by atoms with Gasteiger partial charge >= 0.3 is 5.63 Å². The molecule has 8 atom stereocenters. The van der Waals surface area contributed by atoms with E-state index in [0.717, 1.165) is 31.2 Å². The summed E-state index contributed by atoms with van der Waals surface area (Å²) < 4.78 is 5.13. The van der Waals surface area contributed by atoms with Crippen LogP contribution < -0.4 is 5.63 Å². The van der Waals surface area contributed by atoms with E-state index >= 15 is 0 Å². The van der Waals surface area contributed by atoms with Gasteiger partial charge in [0, 0.05) is 24.3 Å². The van der Waals surface area contributed by atoms with Crippen molar-refractivity contribution in [2.75, 3.05) is 0 Å². The molecule has 5 nitrogen and oxygen atoms in total. The van der Waals surface area contributed by atoms with Crippen LogP contribution in [0.2, 0.25) is 0 Å². The molecule has 0 unspecified atom stereocenters. The van der Waals surface area contributed by atoms with Gasteiger partial charge in [-0.25, -0.2) is 4.79 Å². The fourth-order valence-electron chi connectivity index (χ4n) is 8.22. The molecule has 0 aromatic carbocycles. The molecule has 1 heterocycles. The number of fused-ring (bicyclic) bond motifs is 5. The lowest BCUT2D eigenvalue weighted by molar-refractivity contribution is -0.235. The Labute approximate surface area is 171 Å². The number of carbonyl (C=O) groups excluding carboxylic acids is 1. The number of ketones is 1. The van der Waals surface area contributed by atoms with Crippen molar-refractivity contribution in [1.82, 2.24) is 0 Å². The highest BCUT2D eigenvalue weighted by atomic mass is 16.4. The maximum Gasteiger partial charge on any atom is 0.335 e. The molecule has 1 aromatic heterocycles. The molecule has 4 aliphatic carbocycles. The molecule has 4 aliphatic rings. The van der Waals surface area contributed by atoms with E-state index in [1.165, 1.54) is 12.3 Å². The molecule has 0 aliphatic heterocycles. The van der Waals surface area contributed by atoms with E-state index in [9.17, 15) is 19.8 Å². The van der Waals surface area contributed by atoms with Gasteiger partial charge in [-0.1, -0.05) is 13.8 Å². The van der Waals surface area contributed by atoms with Crippen molar-refractivity contribution in [1.29, 1.82) is 0 Å². The average molecular weight is 401 g/mol. The van der Waals surface area contributed by atoms with Crippen LogP contribution in [0.4, 0.5) is 0 Å². The minimum atomic E-state index is -0.840. The van der Waals surface area contributed by atoms with E-state index < -0.39 is 17.1 Å². The summed E-state index contributed by atoms with van der Waals surface area (Å²) in [7, 11) is 0. The van der Waals surface area contributed by atoms with E-state index in [1.807, 2.05) is 6.07 Å². The zero-order valence-electron chi connectivity index (χ0n) is 17.4. The van der Waals surface area contributed by atoms with Gasteiger partial charge in [0.05, 0.1) is 18.0 Å². The Hall–Kier alpha value is -1.46. The van der Waals surface area contributed by atoms with Crippen molar-refractivity contribution in [3.05, 3.63) is 34.4 Å². The summed E-state index contributed by atoms with van der Waals surface area (Å²) in [5, 5.41) is 23.6. The second-order valence-corrected chi connectivity index (χ2v) is 10.7. The van der Waals surface area contributed by atoms with Gasteiger partial charge in [-0.15, -0.1) is 0 Å². The van der Waals surface area contributed by atoms with E-state index in [1.54, 1.807) is 0 Å². The first-order chi connectivity index (χ1) is 13.7. The molecule has 1 aromatic rings. The summed E-state index contributed by atoms with van der Waals surface area (Å²) in [6.07, 6.45) is 7.03. The summed E-state index contributed by atoms with van der Waals surface area (Å²) >= 11 is 0. The minimum Gasteiger partial charge on any atom is -0.431 e. The lowest BCUT2D eigenvalue weighted by Crippen LogP contribution is -2.66. The van der Waals surface area contributed by atoms with Gasteiger partial charge in [-0.3, -0.25) is 4.79 Å². The fourth-order valence-corrected chi connectivity index (χ4v) is 8.22. The Morgan fingerprint density at radius 3 is 2.62 bits per heavy atom. The van der Waals surface area contributed by atoms with Crippen LogP contribution in [0.25, 0.3) is 0 Å². The predicted molar refractivity (Wildman–Crippen MR) is 107 cm³/mol. The molecule has 5 heteroatoms. The molecule has 4 fully saturated rings. The third-order valence-corrected chi connectivity index (χ3v) is 9.73. The van der Waals surface area contributed by atoms with E-state index in [0.29, 0.717) is 37.4 Å². The number of rotatable bonds is 1. The normalized spacial score (nSPS) is 49.2. The van der Waals surface area contributed by atoms with Gasteiger partial charge in [0.1, 0.15) is 5.78 Å². The molecular weight excluding hydrogens is 368 g/mol. The summed E-state index contributed by atoms with van der Waals surface area (Å²) in [5.74, 6) is 0.830. The topological polar surface area (TPSA) is 87.7 Å². The second-order valence-electron chi connectivity index (χ2n) is 10.7. The summed E-state index contributed by atoms with van der Waals surface area (Å²) in [6.45, 7) is 4.38. The van der Waals surface area contributed by atoms with Crippen molar-refractivity contribution in [2.24, 2.45) is 28.6 Å². The first-order valence-electron chi connectivity index (χ1n) is 11.2. The Bertz CT molecular complexity index is 871. The van der Waals surface area contributed by atoms with Crippen LogP contribution in [-0.2, 0) is 4.79 Å². The van der Waals surface area contributed by atoms with Gasteiger partial charge < -0.3 is 14.6 Å². The molecule has 4 saturated carbocycles. The molecule has 0 spiro atoms. The van der Waals surface area contributed by atoms with Crippen LogP contribution >= 0.6 is 0 Å². The van der Waals surface area contributed by atoms with Crippen molar-refractivity contribution in [2.45, 2.75) is 82.8 Å². The smallest absolute Gasteiger partial charge is 0.335 e. The van der Waals surface area contributed by atoms with Crippen LogP contribution in [0.15, 0.2) is 27.6 Å². The Balaban J connectivity index is 1.53. The first-order valence-corrected chi connectivity index (χ1v) is 11.2. The first kappa shape index (κ1) is 19.5. The van der Waals surface area contributed by atoms with E-state index in [-0.39, 0.29) is 28.8 Å². The highest BCUT2D eigenvalue weighted by molar-refractivity contribution is 5.79. The number of carbonyl (C=O) groups is 1. The van der Waals surface area contributed by atoms with E-state index in [4.69, 9.17) is 4.42 Å². The van der Waals surface area contributed by atoms with Gasteiger partial charge in [0.25, 0.3) is 0 Å². The Morgan fingerprint density at radius 1 is 1.10 bits per heavy atom. The second kappa shape index (κ2) is 6.27. The Morgan fingerprint density at radius 2 is 1.90 bits per heavy atom. The van der Waals surface area contributed by atoms with Gasteiger partial charge in [-0.2, -0.15) is 0 Å². The molecule has 5 rings (SSSR count). The summed E-state index contributed by atoms with van der Waals surface area (Å²) in [6, 6.07) is 3.26. The molecule has 29 heavy (non-hydrogen) atoms. The number of hydrogen-bond acceptors (Lipinski definition) is 5. The predicted octanol–water partition coefficient (Wildman–Crippen LogP) is 3.42. The van der Waals surface area contributed by atoms with Crippen LogP contribution in [0.1, 0.15) is 76.7 Å². The molecule has 0 amide bonds. The zero-order chi connectivity index (χ0) is 20.6. The maximum absolute atomic E-state index is 12.2. The molecule has 0 radical (unpaired) electrons. The van der Waals surface area contributed by atoms with E-state index in [2.05, 4.69) is 13.8 Å². The lowest BCUT2D eigenvalue weighted by Gasteiger charge is -2.64. The fraction of sp³-hybridized carbons (Fsp3) is 0.750. The molecule has 2 N–H and O–H groups in total. The largest absolute Gasteiger partial charge is 0.431 e. The van der Waals surface area contributed by atoms with Crippen molar-refractivity contribution < 1.29 is 19.4 Å². The monoisotopic (exact) mass is 400 g/mol. The third kappa shape index (κ3) is 2.53. The van der Waals surface area contributed by atoms with Gasteiger partial charge in [0.15, 0.2) is 0 Å².